The highest BCUT2D eigenvalue weighted by Crippen LogP contribution is 2.27. The standard InChI is InChI=1S/C14H15N3O4/c18-12-4-2-10(13(19)16-12)8-1-3-11(15-5-8)17-6-9(7-17)14(20)21/h1,3,5,9-10H,2,4,6-7H2,(H,20,21)(H,16,18,19). The number of nitrogens with zero attached hydrogens (tertiary/aromatic N) is 2. The van der Waals surface area contributed by atoms with Crippen LogP contribution >= 0.6 is 0 Å². The molecule has 1 atom stereocenters. The maximum atomic E-state index is 11.8. The molecular weight excluding hydrogens is 274 g/mol. The van der Waals surface area contributed by atoms with Gasteiger partial charge in [0.1, 0.15) is 5.82 Å². The lowest BCUT2D eigenvalue weighted by Gasteiger charge is -2.37. The lowest BCUT2D eigenvalue weighted by atomic mass is 9.91. The lowest BCUT2D eigenvalue weighted by molar-refractivity contribution is -0.142. The highest BCUT2D eigenvalue weighted by atomic mass is 16.4. The molecule has 0 aromatic carbocycles. The summed E-state index contributed by atoms with van der Waals surface area (Å²) in [7, 11) is 0. The Morgan fingerprint density at radius 2 is 2.10 bits per heavy atom. The van der Waals surface area contributed by atoms with E-state index in [4.69, 9.17) is 5.11 Å². The number of carbonyl (C=O) groups excluding carboxylic acids is 2. The van der Waals surface area contributed by atoms with Crippen molar-refractivity contribution in [3.63, 3.8) is 0 Å². The molecule has 0 spiro atoms. The molecule has 0 bridgehead atoms. The zero-order valence-corrected chi connectivity index (χ0v) is 11.3. The molecule has 1 unspecified atom stereocenters. The van der Waals surface area contributed by atoms with Gasteiger partial charge in [-0.25, -0.2) is 4.98 Å². The fraction of sp³-hybridized carbons (Fsp3) is 0.429. The molecular formula is C14H15N3O4. The Morgan fingerprint density at radius 3 is 2.67 bits per heavy atom. The van der Waals surface area contributed by atoms with Gasteiger partial charge in [-0.3, -0.25) is 19.7 Å². The minimum absolute atomic E-state index is 0.235. The van der Waals surface area contributed by atoms with Gasteiger partial charge in [0.15, 0.2) is 0 Å². The van der Waals surface area contributed by atoms with Crippen LogP contribution < -0.4 is 10.2 Å². The van der Waals surface area contributed by atoms with Crippen LogP contribution in [0, 0.1) is 5.92 Å². The van der Waals surface area contributed by atoms with Crippen LogP contribution in [0.3, 0.4) is 0 Å². The van der Waals surface area contributed by atoms with Crippen molar-refractivity contribution in [2.24, 2.45) is 5.92 Å². The zero-order chi connectivity index (χ0) is 15.0. The topological polar surface area (TPSA) is 99.6 Å². The largest absolute Gasteiger partial charge is 0.481 e. The summed E-state index contributed by atoms with van der Waals surface area (Å²) in [5.41, 5.74) is 0.777. The minimum Gasteiger partial charge on any atom is -0.481 e. The molecule has 0 aliphatic carbocycles. The molecule has 2 aliphatic heterocycles. The number of piperidine rings is 1. The Hall–Kier alpha value is -2.44. The van der Waals surface area contributed by atoms with Crippen LogP contribution in [0.2, 0.25) is 0 Å². The van der Waals surface area contributed by atoms with E-state index in [1.54, 1.807) is 12.3 Å². The van der Waals surface area contributed by atoms with Gasteiger partial charge >= 0.3 is 5.97 Å². The van der Waals surface area contributed by atoms with E-state index in [0.29, 0.717) is 31.7 Å². The highest BCUT2D eigenvalue weighted by Gasteiger charge is 2.33. The van der Waals surface area contributed by atoms with Crippen molar-refractivity contribution in [2.75, 3.05) is 18.0 Å². The monoisotopic (exact) mass is 289 g/mol. The predicted molar refractivity (Wildman–Crippen MR) is 72.7 cm³/mol. The number of nitrogens with one attached hydrogen (secondary N) is 1. The van der Waals surface area contributed by atoms with E-state index in [1.165, 1.54) is 0 Å². The Bertz CT molecular complexity index is 593. The van der Waals surface area contributed by atoms with Gasteiger partial charge in [0, 0.05) is 25.7 Å². The average Bonchev–Trinajstić information content (AvgIpc) is 2.38. The highest BCUT2D eigenvalue weighted by molar-refractivity contribution is 6.00. The molecule has 110 valence electrons. The van der Waals surface area contributed by atoms with Crippen LogP contribution in [0.25, 0.3) is 0 Å². The molecule has 7 heteroatoms. The lowest BCUT2D eigenvalue weighted by Crippen LogP contribution is -2.50. The van der Waals surface area contributed by atoms with Gasteiger partial charge in [-0.15, -0.1) is 0 Å². The molecule has 2 N–H and O–H groups in total. The molecule has 21 heavy (non-hydrogen) atoms. The van der Waals surface area contributed by atoms with Gasteiger partial charge in [0.05, 0.1) is 11.8 Å². The zero-order valence-electron chi connectivity index (χ0n) is 11.3. The Kier molecular flexibility index (Phi) is 3.32. The molecule has 2 fully saturated rings. The van der Waals surface area contributed by atoms with Crippen molar-refractivity contribution >= 4 is 23.6 Å². The van der Waals surface area contributed by atoms with Crippen molar-refractivity contribution < 1.29 is 19.5 Å². The number of carboxylic acids is 1. The first-order valence-corrected chi connectivity index (χ1v) is 6.82. The summed E-state index contributed by atoms with van der Waals surface area (Å²) in [5, 5.41) is 11.2. The summed E-state index contributed by atoms with van der Waals surface area (Å²) in [5.74, 6) is -1.26. The molecule has 2 aliphatic rings. The van der Waals surface area contributed by atoms with E-state index in [2.05, 4.69) is 10.3 Å². The molecule has 1 aromatic rings. The molecule has 0 saturated carbocycles. The molecule has 0 radical (unpaired) electrons. The van der Waals surface area contributed by atoms with E-state index in [0.717, 1.165) is 5.56 Å². The van der Waals surface area contributed by atoms with Gasteiger partial charge in [-0.2, -0.15) is 0 Å². The molecule has 3 rings (SSSR count). The van der Waals surface area contributed by atoms with Crippen LogP contribution in [-0.4, -0.2) is 41.0 Å². The van der Waals surface area contributed by atoms with Crippen LogP contribution in [0.1, 0.15) is 24.3 Å². The number of imide groups is 1. The third-order valence-corrected chi connectivity index (χ3v) is 3.97. The molecule has 2 saturated heterocycles. The third kappa shape index (κ3) is 2.58. The fourth-order valence-electron chi connectivity index (χ4n) is 2.62. The molecule has 7 nitrogen and oxygen atoms in total. The normalized spacial score (nSPS) is 22.7. The van der Waals surface area contributed by atoms with Crippen molar-refractivity contribution in [1.82, 2.24) is 10.3 Å². The number of carboxylic acid groups (broad SMARTS) is 1. The number of rotatable bonds is 3. The van der Waals surface area contributed by atoms with E-state index in [-0.39, 0.29) is 23.7 Å². The first-order chi connectivity index (χ1) is 10.0. The number of anilines is 1. The maximum Gasteiger partial charge on any atom is 0.310 e. The molecule has 1 aromatic heterocycles. The quantitative estimate of drug-likeness (QED) is 0.767. The van der Waals surface area contributed by atoms with Gasteiger partial charge in [0.25, 0.3) is 0 Å². The summed E-state index contributed by atoms with van der Waals surface area (Å²) in [6.07, 6.45) is 2.46. The Balaban J connectivity index is 1.66. The second kappa shape index (κ2) is 5.16. The van der Waals surface area contributed by atoms with Gasteiger partial charge in [-0.05, 0) is 18.1 Å². The number of hydrogen-bond donors (Lipinski definition) is 2. The second-order valence-electron chi connectivity index (χ2n) is 5.39. The van der Waals surface area contributed by atoms with Gasteiger partial charge < -0.3 is 10.0 Å². The van der Waals surface area contributed by atoms with Crippen LogP contribution in [0.5, 0.6) is 0 Å². The number of pyridine rings is 1. The number of amides is 2. The third-order valence-electron chi connectivity index (χ3n) is 3.97. The number of hydrogen-bond acceptors (Lipinski definition) is 5. The summed E-state index contributed by atoms with van der Waals surface area (Å²) in [6, 6.07) is 3.60. The maximum absolute atomic E-state index is 11.8. The van der Waals surface area contributed by atoms with Crippen LogP contribution in [-0.2, 0) is 14.4 Å². The van der Waals surface area contributed by atoms with E-state index in [1.807, 2.05) is 11.0 Å². The fourth-order valence-corrected chi connectivity index (χ4v) is 2.62. The van der Waals surface area contributed by atoms with Crippen LogP contribution in [0.4, 0.5) is 5.82 Å². The average molecular weight is 289 g/mol. The summed E-state index contributed by atoms with van der Waals surface area (Å²) in [4.78, 5) is 39.8. The minimum atomic E-state index is -0.786. The van der Waals surface area contributed by atoms with Crippen molar-refractivity contribution in [1.29, 1.82) is 0 Å². The van der Waals surface area contributed by atoms with Crippen molar-refractivity contribution in [2.45, 2.75) is 18.8 Å². The molecule has 3 heterocycles. The SMILES string of the molecule is O=C1CCC(c2ccc(N3CC(C(=O)O)C3)nc2)C(=O)N1. The van der Waals surface area contributed by atoms with Crippen molar-refractivity contribution in [3.8, 4) is 0 Å². The Morgan fingerprint density at radius 1 is 1.33 bits per heavy atom. The van der Waals surface area contributed by atoms with Gasteiger partial charge in [0.2, 0.25) is 11.8 Å². The summed E-state index contributed by atoms with van der Waals surface area (Å²) < 4.78 is 0. The van der Waals surface area contributed by atoms with E-state index < -0.39 is 5.97 Å². The summed E-state index contributed by atoms with van der Waals surface area (Å²) >= 11 is 0. The smallest absolute Gasteiger partial charge is 0.310 e. The number of aliphatic carboxylic acids is 1. The van der Waals surface area contributed by atoms with E-state index in [9.17, 15) is 14.4 Å². The predicted octanol–water partition coefficient (Wildman–Crippen LogP) is 0.123. The second-order valence-corrected chi connectivity index (χ2v) is 5.39. The number of aromatic nitrogens is 1. The van der Waals surface area contributed by atoms with Crippen LogP contribution in [0.15, 0.2) is 18.3 Å². The first kappa shape index (κ1) is 13.5. The van der Waals surface area contributed by atoms with E-state index >= 15 is 0 Å². The Labute approximate surface area is 121 Å². The number of carbonyl (C=O) groups is 3. The van der Waals surface area contributed by atoms with Gasteiger partial charge in [-0.1, -0.05) is 6.07 Å². The molecule has 2 amide bonds. The first-order valence-electron chi connectivity index (χ1n) is 6.82. The van der Waals surface area contributed by atoms with Crippen molar-refractivity contribution in [3.05, 3.63) is 23.9 Å². The summed E-state index contributed by atoms with van der Waals surface area (Å²) in [6.45, 7) is 0.917.